The highest BCUT2D eigenvalue weighted by atomic mass is 16.6. The van der Waals surface area contributed by atoms with E-state index in [-0.39, 0.29) is 11.3 Å². The largest absolute Gasteiger partial charge is 0.316 e. The Kier molecular flexibility index (Phi) is 3.05. The molecule has 1 fully saturated rings. The highest BCUT2D eigenvalue weighted by Gasteiger charge is 2.39. The number of rotatable bonds is 3. The van der Waals surface area contributed by atoms with Crippen LogP contribution in [0.15, 0.2) is 0 Å². The van der Waals surface area contributed by atoms with Crippen LogP contribution < -0.4 is 10.8 Å². The molecule has 0 radical (unpaired) electrons. The van der Waals surface area contributed by atoms with Crippen molar-refractivity contribution in [2.45, 2.75) is 19.8 Å². The van der Waals surface area contributed by atoms with Crippen LogP contribution in [0.25, 0.3) is 0 Å². The van der Waals surface area contributed by atoms with Crippen LogP contribution in [0.5, 0.6) is 0 Å². The van der Waals surface area contributed by atoms with Crippen LogP contribution in [0, 0.1) is 5.41 Å². The third-order valence-electron chi connectivity index (χ3n) is 2.60. The summed E-state index contributed by atoms with van der Waals surface area (Å²) in [6, 6.07) is 0. The van der Waals surface area contributed by atoms with Crippen LogP contribution in [-0.2, 0) is 9.63 Å². The fraction of sp³-hybridized carbons (Fsp3) is 0.875. The van der Waals surface area contributed by atoms with E-state index in [0.717, 1.165) is 25.9 Å². The molecule has 0 saturated carbocycles. The molecule has 70 valence electrons. The third-order valence-corrected chi connectivity index (χ3v) is 2.60. The second-order valence-corrected chi connectivity index (χ2v) is 3.20. The van der Waals surface area contributed by atoms with Crippen molar-refractivity contribution in [1.29, 1.82) is 0 Å². The number of hydrogen-bond acceptors (Lipinski definition) is 3. The Hall–Kier alpha value is -0.610. The second-order valence-electron chi connectivity index (χ2n) is 3.20. The van der Waals surface area contributed by atoms with Crippen LogP contribution in [0.2, 0.25) is 0 Å². The predicted molar refractivity (Wildman–Crippen MR) is 45.4 cm³/mol. The van der Waals surface area contributed by atoms with E-state index in [1.165, 1.54) is 7.11 Å². The normalized spacial score (nSPS) is 28.8. The Morgan fingerprint density at radius 2 is 2.50 bits per heavy atom. The van der Waals surface area contributed by atoms with Crippen molar-refractivity contribution in [2.24, 2.45) is 5.41 Å². The van der Waals surface area contributed by atoms with Crippen molar-refractivity contribution in [3.8, 4) is 0 Å². The molecule has 0 aliphatic carbocycles. The monoisotopic (exact) mass is 172 g/mol. The highest BCUT2D eigenvalue weighted by Crippen LogP contribution is 2.29. The van der Waals surface area contributed by atoms with Crippen molar-refractivity contribution in [3.05, 3.63) is 0 Å². The number of hydrogen-bond donors (Lipinski definition) is 2. The summed E-state index contributed by atoms with van der Waals surface area (Å²) >= 11 is 0. The molecule has 0 spiro atoms. The summed E-state index contributed by atoms with van der Waals surface area (Å²) in [5.74, 6) is -0.00231. The van der Waals surface area contributed by atoms with Crippen molar-refractivity contribution in [3.63, 3.8) is 0 Å². The zero-order chi connectivity index (χ0) is 9.03. The van der Waals surface area contributed by atoms with E-state index in [1.54, 1.807) is 0 Å². The molecule has 12 heavy (non-hydrogen) atoms. The Labute approximate surface area is 72.6 Å². The van der Waals surface area contributed by atoms with Gasteiger partial charge >= 0.3 is 0 Å². The van der Waals surface area contributed by atoms with Gasteiger partial charge in [-0.25, -0.2) is 5.48 Å². The molecule has 1 rings (SSSR count). The maximum Gasteiger partial charge on any atom is 0.251 e. The first kappa shape index (κ1) is 9.48. The summed E-state index contributed by atoms with van der Waals surface area (Å²) in [5.41, 5.74) is 2.16. The second kappa shape index (κ2) is 3.87. The first-order chi connectivity index (χ1) is 5.75. The smallest absolute Gasteiger partial charge is 0.251 e. The number of carbonyl (C=O) groups excluding carboxylic acids is 1. The molecular weight excluding hydrogens is 156 g/mol. The summed E-state index contributed by atoms with van der Waals surface area (Å²) in [5, 5.41) is 3.19. The van der Waals surface area contributed by atoms with Crippen LogP contribution in [0.3, 0.4) is 0 Å². The molecule has 0 aromatic rings. The topological polar surface area (TPSA) is 50.4 Å². The zero-order valence-electron chi connectivity index (χ0n) is 7.64. The number of nitrogens with one attached hydrogen (secondary N) is 2. The maximum atomic E-state index is 11.5. The molecule has 1 heterocycles. The lowest BCUT2D eigenvalue weighted by atomic mass is 9.84. The molecule has 4 nitrogen and oxygen atoms in total. The van der Waals surface area contributed by atoms with Crippen molar-refractivity contribution < 1.29 is 9.63 Å². The number of carbonyl (C=O) groups is 1. The molecule has 2 N–H and O–H groups in total. The van der Waals surface area contributed by atoms with Crippen LogP contribution in [0.4, 0.5) is 0 Å². The summed E-state index contributed by atoms with van der Waals surface area (Å²) < 4.78 is 0. The van der Waals surface area contributed by atoms with Crippen LogP contribution in [0.1, 0.15) is 19.8 Å². The minimum Gasteiger partial charge on any atom is -0.316 e. The minimum atomic E-state index is -0.240. The van der Waals surface area contributed by atoms with Crippen molar-refractivity contribution in [2.75, 3.05) is 20.2 Å². The first-order valence-electron chi connectivity index (χ1n) is 4.29. The Balaban J connectivity index is 2.59. The molecule has 1 unspecified atom stereocenters. The SMILES string of the molecule is CCC1(C(=O)NOC)CCNC1. The van der Waals surface area contributed by atoms with Crippen molar-refractivity contribution >= 4 is 5.91 Å². The lowest BCUT2D eigenvalue weighted by Crippen LogP contribution is -2.41. The lowest BCUT2D eigenvalue weighted by Gasteiger charge is -2.23. The van der Waals surface area contributed by atoms with Gasteiger partial charge in [-0.3, -0.25) is 9.63 Å². The van der Waals surface area contributed by atoms with E-state index in [0.29, 0.717) is 0 Å². The quantitative estimate of drug-likeness (QED) is 0.592. The molecule has 1 saturated heterocycles. The Morgan fingerprint density at radius 1 is 1.75 bits per heavy atom. The van der Waals surface area contributed by atoms with Gasteiger partial charge in [0.2, 0.25) is 0 Å². The number of hydroxylamine groups is 1. The van der Waals surface area contributed by atoms with Gasteiger partial charge in [0.25, 0.3) is 5.91 Å². The fourth-order valence-electron chi connectivity index (χ4n) is 1.60. The first-order valence-corrected chi connectivity index (χ1v) is 4.29. The Morgan fingerprint density at radius 3 is 2.92 bits per heavy atom. The fourth-order valence-corrected chi connectivity index (χ4v) is 1.60. The molecular formula is C8H16N2O2. The van der Waals surface area contributed by atoms with Gasteiger partial charge in [-0.15, -0.1) is 0 Å². The van der Waals surface area contributed by atoms with Crippen LogP contribution in [-0.4, -0.2) is 26.1 Å². The maximum absolute atomic E-state index is 11.5. The van der Waals surface area contributed by atoms with Gasteiger partial charge in [-0.1, -0.05) is 6.92 Å². The molecule has 1 aliphatic rings. The molecule has 1 aliphatic heterocycles. The molecule has 0 aromatic heterocycles. The molecule has 1 atom stereocenters. The van der Waals surface area contributed by atoms with Gasteiger partial charge in [0.15, 0.2) is 0 Å². The van der Waals surface area contributed by atoms with Gasteiger partial charge in [0.05, 0.1) is 12.5 Å². The molecule has 4 heteroatoms. The average molecular weight is 172 g/mol. The lowest BCUT2D eigenvalue weighted by molar-refractivity contribution is -0.141. The van der Waals surface area contributed by atoms with Gasteiger partial charge in [0.1, 0.15) is 0 Å². The van der Waals surface area contributed by atoms with E-state index < -0.39 is 0 Å². The van der Waals surface area contributed by atoms with E-state index in [9.17, 15) is 4.79 Å². The summed E-state index contributed by atoms with van der Waals surface area (Å²) in [4.78, 5) is 16.1. The standard InChI is InChI=1S/C8H16N2O2/c1-3-8(4-5-9-6-8)7(11)10-12-2/h9H,3-6H2,1-2H3,(H,10,11). The minimum absolute atomic E-state index is 0.00231. The summed E-state index contributed by atoms with van der Waals surface area (Å²) in [6.07, 6.45) is 1.76. The molecule has 0 aromatic carbocycles. The highest BCUT2D eigenvalue weighted by molar-refractivity contribution is 5.82. The summed E-state index contributed by atoms with van der Waals surface area (Å²) in [6.45, 7) is 3.71. The van der Waals surface area contributed by atoms with Gasteiger partial charge in [0, 0.05) is 6.54 Å². The third kappa shape index (κ3) is 1.59. The van der Waals surface area contributed by atoms with E-state index in [4.69, 9.17) is 0 Å². The van der Waals surface area contributed by atoms with Gasteiger partial charge in [-0.05, 0) is 19.4 Å². The van der Waals surface area contributed by atoms with E-state index in [2.05, 4.69) is 15.6 Å². The van der Waals surface area contributed by atoms with E-state index >= 15 is 0 Å². The Bertz CT molecular complexity index is 164. The molecule has 0 bridgehead atoms. The predicted octanol–water partition coefficient (Wildman–Crippen LogP) is 0.0537. The van der Waals surface area contributed by atoms with Gasteiger partial charge in [-0.2, -0.15) is 0 Å². The summed E-state index contributed by atoms with van der Waals surface area (Å²) in [7, 11) is 1.46. The van der Waals surface area contributed by atoms with Crippen molar-refractivity contribution in [1.82, 2.24) is 10.8 Å². The zero-order valence-corrected chi connectivity index (χ0v) is 7.64. The van der Waals surface area contributed by atoms with Gasteiger partial charge < -0.3 is 5.32 Å². The average Bonchev–Trinajstić information content (AvgIpc) is 2.54. The van der Waals surface area contributed by atoms with Crippen LogP contribution >= 0.6 is 0 Å². The molecule has 1 amide bonds. The number of amides is 1. The van der Waals surface area contributed by atoms with E-state index in [1.807, 2.05) is 6.92 Å².